The maximum atomic E-state index is 4.62. The summed E-state index contributed by atoms with van der Waals surface area (Å²) >= 11 is 0. The molecule has 2 heteroatoms. The summed E-state index contributed by atoms with van der Waals surface area (Å²) in [4.78, 5) is 4.62. The molecule has 2 aromatic rings. The van der Waals surface area contributed by atoms with Crippen molar-refractivity contribution in [2.75, 3.05) is 7.05 Å². The van der Waals surface area contributed by atoms with Crippen LogP contribution in [0.3, 0.4) is 0 Å². The second kappa shape index (κ2) is 5.54. The minimum absolute atomic E-state index is 0.480. The summed E-state index contributed by atoms with van der Waals surface area (Å²) in [5, 5.41) is 3.19. The summed E-state index contributed by atoms with van der Waals surface area (Å²) < 4.78 is 0. The van der Waals surface area contributed by atoms with Crippen LogP contribution >= 0.6 is 0 Å². The van der Waals surface area contributed by atoms with Crippen molar-refractivity contribution >= 4 is 0 Å². The number of hydrogen-bond acceptors (Lipinski definition) is 2. The van der Waals surface area contributed by atoms with E-state index in [1.54, 1.807) is 0 Å². The second-order valence-corrected chi connectivity index (χ2v) is 5.26. The van der Waals surface area contributed by atoms with Gasteiger partial charge in [-0.2, -0.15) is 0 Å². The lowest BCUT2D eigenvalue weighted by Crippen LogP contribution is -2.13. The first-order valence-corrected chi connectivity index (χ1v) is 7.05. The van der Waals surface area contributed by atoms with Gasteiger partial charge in [0.15, 0.2) is 0 Å². The molecule has 0 spiro atoms. The molecule has 1 aliphatic carbocycles. The highest BCUT2D eigenvalue weighted by Gasteiger charge is 2.22. The predicted octanol–water partition coefficient (Wildman–Crippen LogP) is 3.27. The molecule has 1 N–H and O–H groups in total. The summed E-state index contributed by atoms with van der Waals surface area (Å²) in [6, 6.07) is 13.3. The van der Waals surface area contributed by atoms with Crippen molar-refractivity contribution in [3.63, 3.8) is 0 Å². The van der Waals surface area contributed by atoms with E-state index in [9.17, 15) is 0 Å². The molecule has 1 aliphatic rings. The first-order valence-electron chi connectivity index (χ1n) is 7.05. The lowest BCUT2D eigenvalue weighted by atomic mass is 9.82. The standard InChI is InChI=1S/C17H20N2/c1-18-12-13-7-9-14(10-8-13)16-6-2-4-15-5-3-11-19-17(15)16/h3,5,7-11,16,18H,2,4,6,12H2,1H3. The van der Waals surface area contributed by atoms with Gasteiger partial charge >= 0.3 is 0 Å². The molecule has 98 valence electrons. The van der Waals surface area contributed by atoms with Gasteiger partial charge in [0.2, 0.25) is 0 Å². The van der Waals surface area contributed by atoms with Gasteiger partial charge in [0, 0.05) is 18.7 Å². The van der Waals surface area contributed by atoms with Crippen LogP contribution in [0.2, 0.25) is 0 Å². The maximum absolute atomic E-state index is 4.62. The quantitative estimate of drug-likeness (QED) is 0.907. The third kappa shape index (κ3) is 2.54. The molecule has 1 heterocycles. The molecular formula is C17H20N2. The first kappa shape index (κ1) is 12.4. The predicted molar refractivity (Wildman–Crippen MR) is 78.2 cm³/mol. The normalized spacial score (nSPS) is 18.1. The van der Waals surface area contributed by atoms with Gasteiger partial charge in [-0.25, -0.2) is 0 Å². The average molecular weight is 252 g/mol. The van der Waals surface area contributed by atoms with Crippen LogP contribution in [0.25, 0.3) is 0 Å². The van der Waals surface area contributed by atoms with E-state index in [1.807, 2.05) is 13.2 Å². The van der Waals surface area contributed by atoms with Gasteiger partial charge < -0.3 is 5.32 Å². The molecule has 0 saturated heterocycles. The zero-order valence-corrected chi connectivity index (χ0v) is 11.4. The van der Waals surface area contributed by atoms with Gasteiger partial charge in [-0.15, -0.1) is 0 Å². The highest BCUT2D eigenvalue weighted by atomic mass is 14.8. The summed E-state index contributed by atoms with van der Waals surface area (Å²) in [5.74, 6) is 0.480. The largest absolute Gasteiger partial charge is 0.316 e. The lowest BCUT2D eigenvalue weighted by molar-refractivity contribution is 0.598. The third-order valence-electron chi connectivity index (χ3n) is 3.96. The highest BCUT2D eigenvalue weighted by Crippen LogP contribution is 2.35. The van der Waals surface area contributed by atoms with E-state index < -0.39 is 0 Å². The number of aromatic nitrogens is 1. The Labute approximate surface area is 114 Å². The Morgan fingerprint density at radius 2 is 2.05 bits per heavy atom. The first-order chi connectivity index (χ1) is 9.38. The lowest BCUT2D eigenvalue weighted by Gasteiger charge is -2.24. The van der Waals surface area contributed by atoms with Gasteiger partial charge in [-0.05, 0) is 49.1 Å². The van der Waals surface area contributed by atoms with Crippen LogP contribution in [0.5, 0.6) is 0 Å². The van der Waals surface area contributed by atoms with E-state index in [0.29, 0.717) is 5.92 Å². The van der Waals surface area contributed by atoms with E-state index in [-0.39, 0.29) is 0 Å². The van der Waals surface area contributed by atoms with Crippen molar-refractivity contribution in [3.05, 3.63) is 65.0 Å². The van der Waals surface area contributed by atoms with Crippen molar-refractivity contribution in [1.29, 1.82) is 0 Å². The molecule has 3 rings (SSSR count). The van der Waals surface area contributed by atoms with Gasteiger partial charge in [0.1, 0.15) is 0 Å². The van der Waals surface area contributed by atoms with E-state index in [0.717, 1.165) is 6.54 Å². The Morgan fingerprint density at radius 3 is 2.84 bits per heavy atom. The number of pyridine rings is 1. The summed E-state index contributed by atoms with van der Waals surface area (Å²) in [6.45, 7) is 0.930. The number of rotatable bonds is 3. The fourth-order valence-electron chi connectivity index (χ4n) is 3.01. The molecule has 0 amide bonds. The molecule has 19 heavy (non-hydrogen) atoms. The number of nitrogens with zero attached hydrogens (tertiary/aromatic N) is 1. The molecule has 1 aromatic heterocycles. The SMILES string of the molecule is CNCc1ccc(C2CCCc3cccnc32)cc1. The topological polar surface area (TPSA) is 24.9 Å². The van der Waals surface area contributed by atoms with E-state index in [1.165, 1.54) is 41.6 Å². The molecule has 2 nitrogen and oxygen atoms in total. The van der Waals surface area contributed by atoms with Crippen LogP contribution in [-0.2, 0) is 13.0 Å². The number of hydrogen-bond donors (Lipinski definition) is 1. The van der Waals surface area contributed by atoms with E-state index >= 15 is 0 Å². The van der Waals surface area contributed by atoms with E-state index in [2.05, 4.69) is 46.7 Å². The van der Waals surface area contributed by atoms with Crippen molar-refractivity contribution in [3.8, 4) is 0 Å². The summed E-state index contributed by atoms with van der Waals surface area (Å²) in [7, 11) is 1.98. The van der Waals surface area contributed by atoms with Crippen LogP contribution in [0.1, 0.15) is 41.1 Å². The fourth-order valence-corrected chi connectivity index (χ4v) is 3.01. The van der Waals surface area contributed by atoms with Crippen LogP contribution in [0.4, 0.5) is 0 Å². The molecule has 1 unspecified atom stereocenters. The Balaban J connectivity index is 1.90. The maximum Gasteiger partial charge on any atom is 0.0510 e. The van der Waals surface area contributed by atoms with Gasteiger partial charge in [0.25, 0.3) is 0 Å². The zero-order valence-electron chi connectivity index (χ0n) is 11.4. The van der Waals surface area contributed by atoms with Gasteiger partial charge in [-0.1, -0.05) is 30.3 Å². The van der Waals surface area contributed by atoms with Gasteiger partial charge in [-0.3, -0.25) is 4.98 Å². The number of aryl methyl sites for hydroxylation is 1. The second-order valence-electron chi connectivity index (χ2n) is 5.26. The molecule has 1 aromatic carbocycles. The molecule has 0 aliphatic heterocycles. The fraction of sp³-hybridized carbons (Fsp3) is 0.353. The number of fused-ring (bicyclic) bond motifs is 1. The summed E-state index contributed by atoms with van der Waals surface area (Å²) in [6.07, 6.45) is 5.58. The molecule has 0 bridgehead atoms. The smallest absolute Gasteiger partial charge is 0.0510 e. The van der Waals surface area contributed by atoms with Crippen LogP contribution in [-0.4, -0.2) is 12.0 Å². The Morgan fingerprint density at radius 1 is 1.21 bits per heavy atom. The molecule has 0 saturated carbocycles. The van der Waals surface area contributed by atoms with Crippen molar-refractivity contribution in [2.45, 2.75) is 31.7 Å². The van der Waals surface area contributed by atoms with Gasteiger partial charge in [0.05, 0.1) is 5.69 Å². The van der Waals surface area contributed by atoms with Crippen molar-refractivity contribution in [2.24, 2.45) is 0 Å². The third-order valence-corrected chi connectivity index (χ3v) is 3.96. The van der Waals surface area contributed by atoms with Crippen molar-refractivity contribution < 1.29 is 0 Å². The monoisotopic (exact) mass is 252 g/mol. The minimum atomic E-state index is 0.480. The van der Waals surface area contributed by atoms with Crippen LogP contribution in [0, 0.1) is 0 Å². The number of benzene rings is 1. The average Bonchev–Trinajstić information content (AvgIpc) is 2.48. The van der Waals surface area contributed by atoms with Crippen molar-refractivity contribution in [1.82, 2.24) is 10.3 Å². The van der Waals surface area contributed by atoms with E-state index in [4.69, 9.17) is 0 Å². The zero-order chi connectivity index (χ0) is 13.1. The molecule has 1 atom stereocenters. The molecule has 0 fully saturated rings. The summed E-state index contributed by atoms with van der Waals surface area (Å²) in [5.41, 5.74) is 5.45. The highest BCUT2D eigenvalue weighted by molar-refractivity contribution is 5.36. The molecular weight excluding hydrogens is 232 g/mol. The van der Waals surface area contributed by atoms with Crippen LogP contribution in [0.15, 0.2) is 42.6 Å². The Hall–Kier alpha value is -1.67. The number of nitrogens with one attached hydrogen (secondary N) is 1. The molecule has 0 radical (unpaired) electrons. The van der Waals surface area contributed by atoms with Crippen LogP contribution < -0.4 is 5.32 Å². The Bertz CT molecular complexity index is 545. The minimum Gasteiger partial charge on any atom is -0.316 e. The Kier molecular flexibility index (Phi) is 3.60.